The van der Waals surface area contributed by atoms with Crippen LogP contribution in [0.1, 0.15) is 37.3 Å². The van der Waals surface area contributed by atoms with Gasteiger partial charge in [-0.2, -0.15) is 0 Å². The predicted octanol–water partition coefficient (Wildman–Crippen LogP) is 2.42. The molecule has 1 fully saturated rings. The van der Waals surface area contributed by atoms with E-state index in [1.807, 2.05) is 6.07 Å². The van der Waals surface area contributed by atoms with Gasteiger partial charge in [0.1, 0.15) is 0 Å². The third kappa shape index (κ3) is 5.51. The number of benzene rings is 1. The normalized spacial score (nSPS) is 17.8. The van der Waals surface area contributed by atoms with Crippen molar-refractivity contribution >= 4 is 0 Å². The van der Waals surface area contributed by atoms with Crippen molar-refractivity contribution in [1.29, 1.82) is 0 Å². The summed E-state index contributed by atoms with van der Waals surface area (Å²) in [6.07, 6.45) is 3.31. The quantitative estimate of drug-likeness (QED) is 0.816. The van der Waals surface area contributed by atoms with Crippen LogP contribution in [0.4, 0.5) is 0 Å². The van der Waals surface area contributed by atoms with Crippen LogP contribution in [-0.2, 0) is 11.3 Å². The van der Waals surface area contributed by atoms with Crippen molar-refractivity contribution in [3.05, 3.63) is 35.4 Å². The molecule has 0 bridgehead atoms. The molecule has 1 saturated heterocycles. The van der Waals surface area contributed by atoms with Crippen LogP contribution in [0.3, 0.4) is 0 Å². The molecule has 0 aliphatic carbocycles. The standard InChI is InChI=1S/C18H25NO2/c1-2-19(15-18-10-6-12-21-18)14-17-9-5-8-16(13-17)7-3-4-11-20/h5,8-9,13,18,20H,2,4,6,10-12,14-15H2,1H3. The minimum atomic E-state index is 0.123. The van der Waals surface area contributed by atoms with Gasteiger partial charge in [-0.1, -0.05) is 30.9 Å². The predicted molar refractivity (Wildman–Crippen MR) is 84.9 cm³/mol. The Morgan fingerprint density at radius 1 is 1.43 bits per heavy atom. The molecule has 0 amide bonds. The summed E-state index contributed by atoms with van der Waals surface area (Å²) in [6, 6.07) is 8.36. The van der Waals surface area contributed by atoms with Gasteiger partial charge in [0.25, 0.3) is 0 Å². The number of rotatable bonds is 6. The van der Waals surface area contributed by atoms with Crippen molar-refractivity contribution in [2.24, 2.45) is 0 Å². The minimum absolute atomic E-state index is 0.123. The van der Waals surface area contributed by atoms with Gasteiger partial charge in [0.2, 0.25) is 0 Å². The molecule has 1 aromatic carbocycles. The zero-order chi connectivity index (χ0) is 14.9. The lowest BCUT2D eigenvalue weighted by Crippen LogP contribution is -2.31. The van der Waals surface area contributed by atoms with Crippen molar-refractivity contribution < 1.29 is 9.84 Å². The van der Waals surface area contributed by atoms with Gasteiger partial charge in [-0.15, -0.1) is 0 Å². The van der Waals surface area contributed by atoms with Crippen molar-refractivity contribution in [1.82, 2.24) is 4.90 Å². The summed E-state index contributed by atoms with van der Waals surface area (Å²) in [4.78, 5) is 2.43. The second-order valence-electron chi connectivity index (χ2n) is 5.44. The van der Waals surface area contributed by atoms with E-state index >= 15 is 0 Å². The van der Waals surface area contributed by atoms with Crippen molar-refractivity contribution in [2.45, 2.75) is 38.8 Å². The van der Waals surface area contributed by atoms with E-state index in [1.165, 1.54) is 18.4 Å². The molecule has 21 heavy (non-hydrogen) atoms. The molecule has 1 aliphatic rings. The first-order chi connectivity index (χ1) is 10.3. The summed E-state index contributed by atoms with van der Waals surface area (Å²) >= 11 is 0. The molecule has 1 atom stereocenters. The Kier molecular flexibility index (Phi) is 6.75. The van der Waals surface area contributed by atoms with Crippen molar-refractivity contribution in [2.75, 3.05) is 26.3 Å². The number of aliphatic hydroxyl groups excluding tert-OH is 1. The van der Waals surface area contributed by atoms with Gasteiger partial charge in [-0.3, -0.25) is 4.90 Å². The van der Waals surface area contributed by atoms with Crippen LogP contribution in [0.25, 0.3) is 0 Å². The van der Waals surface area contributed by atoms with Crippen LogP contribution >= 0.6 is 0 Å². The van der Waals surface area contributed by atoms with Gasteiger partial charge in [0, 0.05) is 31.7 Å². The van der Waals surface area contributed by atoms with Crippen LogP contribution in [0, 0.1) is 11.8 Å². The Labute approximate surface area is 127 Å². The Morgan fingerprint density at radius 2 is 2.33 bits per heavy atom. The lowest BCUT2D eigenvalue weighted by Gasteiger charge is -2.23. The molecule has 114 valence electrons. The average Bonchev–Trinajstić information content (AvgIpc) is 3.00. The molecular formula is C18H25NO2. The van der Waals surface area contributed by atoms with Crippen LogP contribution < -0.4 is 0 Å². The fourth-order valence-electron chi connectivity index (χ4n) is 2.61. The highest BCUT2D eigenvalue weighted by Gasteiger charge is 2.18. The molecule has 0 aromatic heterocycles. The van der Waals surface area contributed by atoms with Crippen LogP contribution in [-0.4, -0.2) is 42.4 Å². The molecule has 1 heterocycles. The van der Waals surface area contributed by atoms with Gasteiger partial charge < -0.3 is 9.84 Å². The molecule has 2 rings (SSSR count). The first kappa shape index (κ1) is 16.0. The largest absolute Gasteiger partial charge is 0.395 e. The van der Waals surface area contributed by atoms with Crippen LogP contribution in [0.15, 0.2) is 24.3 Å². The van der Waals surface area contributed by atoms with E-state index in [0.717, 1.165) is 31.8 Å². The lowest BCUT2D eigenvalue weighted by atomic mass is 10.1. The third-order valence-corrected chi connectivity index (χ3v) is 3.74. The summed E-state index contributed by atoms with van der Waals surface area (Å²) in [6.45, 7) is 6.21. The van der Waals surface area contributed by atoms with E-state index < -0.39 is 0 Å². The maximum Gasteiger partial charge on any atom is 0.0702 e. The molecule has 0 radical (unpaired) electrons. The number of hydrogen-bond acceptors (Lipinski definition) is 3. The number of hydrogen-bond donors (Lipinski definition) is 1. The van der Waals surface area contributed by atoms with Gasteiger partial charge >= 0.3 is 0 Å². The van der Waals surface area contributed by atoms with E-state index in [4.69, 9.17) is 9.84 Å². The molecule has 1 aromatic rings. The maximum atomic E-state index is 8.76. The van der Waals surface area contributed by atoms with E-state index in [-0.39, 0.29) is 6.61 Å². The van der Waals surface area contributed by atoms with Crippen molar-refractivity contribution in [3.8, 4) is 11.8 Å². The molecule has 3 heteroatoms. The SMILES string of the molecule is CCN(Cc1cccc(C#CCCO)c1)CC1CCCO1. The highest BCUT2D eigenvalue weighted by atomic mass is 16.5. The van der Waals surface area contributed by atoms with E-state index in [9.17, 15) is 0 Å². The van der Waals surface area contributed by atoms with Gasteiger partial charge in [-0.05, 0) is 37.1 Å². The summed E-state index contributed by atoms with van der Waals surface area (Å²) < 4.78 is 5.72. The van der Waals surface area contributed by atoms with Gasteiger partial charge in [0.15, 0.2) is 0 Å². The number of aliphatic hydroxyl groups is 1. The highest BCUT2D eigenvalue weighted by molar-refractivity contribution is 5.37. The van der Waals surface area contributed by atoms with Crippen LogP contribution in [0.2, 0.25) is 0 Å². The lowest BCUT2D eigenvalue weighted by molar-refractivity contribution is 0.0725. The Morgan fingerprint density at radius 3 is 3.05 bits per heavy atom. The molecule has 3 nitrogen and oxygen atoms in total. The topological polar surface area (TPSA) is 32.7 Å². The Bertz CT molecular complexity index is 483. The summed E-state index contributed by atoms with van der Waals surface area (Å²) in [5.41, 5.74) is 2.31. The molecule has 1 unspecified atom stereocenters. The van der Waals surface area contributed by atoms with Crippen LogP contribution in [0.5, 0.6) is 0 Å². The van der Waals surface area contributed by atoms with E-state index in [0.29, 0.717) is 12.5 Å². The minimum Gasteiger partial charge on any atom is -0.395 e. The van der Waals surface area contributed by atoms with E-state index in [1.54, 1.807) is 0 Å². The van der Waals surface area contributed by atoms with Crippen molar-refractivity contribution in [3.63, 3.8) is 0 Å². The molecule has 0 saturated carbocycles. The zero-order valence-electron chi connectivity index (χ0n) is 12.8. The number of ether oxygens (including phenoxy) is 1. The monoisotopic (exact) mass is 287 g/mol. The van der Waals surface area contributed by atoms with Gasteiger partial charge in [-0.25, -0.2) is 0 Å². The highest BCUT2D eigenvalue weighted by Crippen LogP contribution is 2.15. The smallest absolute Gasteiger partial charge is 0.0702 e. The molecule has 1 aliphatic heterocycles. The summed E-state index contributed by atoms with van der Waals surface area (Å²) in [5, 5.41) is 8.76. The first-order valence-corrected chi connectivity index (χ1v) is 7.84. The number of nitrogens with zero attached hydrogens (tertiary/aromatic N) is 1. The molecular weight excluding hydrogens is 262 g/mol. The number of likely N-dealkylation sites (N-methyl/N-ethyl adjacent to an activating group) is 1. The maximum absolute atomic E-state index is 8.76. The van der Waals surface area contributed by atoms with Gasteiger partial charge in [0.05, 0.1) is 12.7 Å². The fraction of sp³-hybridized carbons (Fsp3) is 0.556. The Balaban J connectivity index is 1.93. The summed E-state index contributed by atoms with van der Waals surface area (Å²) in [7, 11) is 0. The second-order valence-corrected chi connectivity index (χ2v) is 5.44. The molecule has 1 N–H and O–H groups in total. The third-order valence-electron chi connectivity index (χ3n) is 3.74. The molecule has 0 spiro atoms. The van der Waals surface area contributed by atoms with E-state index in [2.05, 4.69) is 41.9 Å². The fourth-order valence-corrected chi connectivity index (χ4v) is 2.61. The summed E-state index contributed by atoms with van der Waals surface area (Å²) in [5.74, 6) is 6.07. The average molecular weight is 287 g/mol. The zero-order valence-corrected chi connectivity index (χ0v) is 12.8. The first-order valence-electron chi connectivity index (χ1n) is 7.84. The second kappa shape index (κ2) is 8.84. The Hall–Kier alpha value is -1.34.